The molecule has 0 saturated heterocycles. The van der Waals surface area contributed by atoms with Crippen LogP contribution in [0.15, 0.2) is 29.2 Å². The van der Waals surface area contributed by atoms with Gasteiger partial charge in [-0.2, -0.15) is 4.72 Å². The number of benzene rings is 1. The summed E-state index contributed by atoms with van der Waals surface area (Å²) in [7, 11) is -3.78. The molecule has 6 heteroatoms. The fourth-order valence-corrected chi connectivity index (χ4v) is 3.90. The number of rotatable bonds is 5. The summed E-state index contributed by atoms with van der Waals surface area (Å²) in [6.07, 6.45) is 6.03. The van der Waals surface area contributed by atoms with Crippen molar-refractivity contribution >= 4 is 16.0 Å². The van der Waals surface area contributed by atoms with E-state index in [1.54, 1.807) is 12.1 Å². The first kappa shape index (κ1) is 16.0. The lowest BCUT2D eigenvalue weighted by Crippen LogP contribution is -2.38. The third-order valence-corrected chi connectivity index (χ3v) is 5.53. The van der Waals surface area contributed by atoms with Crippen molar-refractivity contribution in [1.82, 2.24) is 4.72 Å². The van der Waals surface area contributed by atoms with E-state index in [4.69, 9.17) is 5.11 Å². The van der Waals surface area contributed by atoms with Crippen LogP contribution in [-0.4, -0.2) is 25.5 Å². The molecule has 5 nitrogen and oxygen atoms in total. The summed E-state index contributed by atoms with van der Waals surface area (Å²) >= 11 is 0. The average Bonchev–Trinajstić information content (AvgIpc) is 2.48. The van der Waals surface area contributed by atoms with Crippen molar-refractivity contribution in [3.63, 3.8) is 0 Å². The number of hydrogen-bond donors (Lipinski definition) is 2. The van der Waals surface area contributed by atoms with Gasteiger partial charge < -0.3 is 5.11 Å². The summed E-state index contributed by atoms with van der Waals surface area (Å²) in [4.78, 5) is 10.8. The fourth-order valence-electron chi connectivity index (χ4n) is 2.71. The van der Waals surface area contributed by atoms with Crippen LogP contribution in [0.25, 0.3) is 0 Å². The quantitative estimate of drug-likeness (QED) is 0.875. The van der Waals surface area contributed by atoms with Gasteiger partial charge in [0, 0.05) is 0 Å². The maximum atomic E-state index is 12.1. The average molecular weight is 311 g/mol. The van der Waals surface area contributed by atoms with Gasteiger partial charge in [0.05, 0.1) is 4.90 Å². The molecule has 0 heterocycles. The largest absolute Gasteiger partial charge is 0.480 e. The van der Waals surface area contributed by atoms with Crippen molar-refractivity contribution in [2.45, 2.75) is 55.9 Å². The highest BCUT2D eigenvalue weighted by atomic mass is 32.2. The summed E-state index contributed by atoms with van der Waals surface area (Å²) in [5.41, 5.74) is 1.17. The summed E-state index contributed by atoms with van der Waals surface area (Å²) in [5, 5.41) is 8.78. The zero-order valence-corrected chi connectivity index (χ0v) is 12.9. The topological polar surface area (TPSA) is 83.5 Å². The SMILES string of the molecule is CC(NS(=O)(=O)c1ccc(C2CCCCC2)cc1)C(=O)O. The van der Waals surface area contributed by atoms with Crippen molar-refractivity contribution < 1.29 is 18.3 Å². The van der Waals surface area contributed by atoms with Crippen LogP contribution in [0.4, 0.5) is 0 Å². The molecule has 1 aromatic carbocycles. The Balaban J connectivity index is 2.12. The van der Waals surface area contributed by atoms with Gasteiger partial charge >= 0.3 is 5.97 Å². The van der Waals surface area contributed by atoms with Crippen molar-refractivity contribution in [1.29, 1.82) is 0 Å². The number of nitrogens with one attached hydrogen (secondary N) is 1. The minimum absolute atomic E-state index is 0.107. The Morgan fingerprint density at radius 2 is 1.76 bits per heavy atom. The number of sulfonamides is 1. The number of carbonyl (C=O) groups is 1. The normalized spacial score (nSPS) is 18.3. The zero-order chi connectivity index (χ0) is 15.5. The molecule has 0 aliphatic heterocycles. The maximum Gasteiger partial charge on any atom is 0.321 e. The fraction of sp³-hybridized carbons (Fsp3) is 0.533. The molecule has 0 bridgehead atoms. The first-order chi connectivity index (χ1) is 9.90. The molecule has 0 aromatic heterocycles. The Morgan fingerprint density at radius 1 is 1.19 bits per heavy atom. The molecule has 0 spiro atoms. The van der Waals surface area contributed by atoms with Crippen LogP contribution in [0, 0.1) is 0 Å². The van der Waals surface area contributed by atoms with Crippen LogP contribution < -0.4 is 4.72 Å². The lowest BCUT2D eigenvalue weighted by Gasteiger charge is -2.22. The molecule has 2 N–H and O–H groups in total. The molecule has 1 aliphatic rings. The maximum absolute atomic E-state index is 12.1. The Kier molecular flexibility index (Phi) is 5.00. The Hall–Kier alpha value is -1.40. The number of hydrogen-bond acceptors (Lipinski definition) is 3. The highest BCUT2D eigenvalue weighted by Crippen LogP contribution is 2.32. The van der Waals surface area contributed by atoms with Gasteiger partial charge in [-0.25, -0.2) is 8.42 Å². The molecule has 116 valence electrons. The van der Waals surface area contributed by atoms with Gasteiger partial charge in [-0.1, -0.05) is 31.4 Å². The minimum atomic E-state index is -3.78. The summed E-state index contributed by atoms with van der Waals surface area (Å²) in [5.74, 6) is -0.682. The van der Waals surface area contributed by atoms with Crippen LogP contribution >= 0.6 is 0 Å². The van der Waals surface area contributed by atoms with E-state index < -0.39 is 22.0 Å². The van der Waals surface area contributed by atoms with Gasteiger partial charge in [0.15, 0.2) is 0 Å². The second-order valence-electron chi connectivity index (χ2n) is 5.59. The van der Waals surface area contributed by atoms with Gasteiger partial charge in [0.2, 0.25) is 10.0 Å². The van der Waals surface area contributed by atoms with Crippen molar-refractivity contribution in [2.24, 2.45) is 0 Å². The standard InChI is InChI=1S/C15H21NO4S/c1-11(15(17)18)16-21(19,20)14-9-7-13(8-10-14)12-5-3-2-4-6-12/h7-12,16H,2-6H2,1H3,(H,17,18). The zero-order valence-electron chi connectivity index (χ0n) is 12.1. The molecule has 1 aromatic rings. The number of carboxylic acids is 1. The van der Waals surface area contributed by atoms with Crippen molar-refractivity contribution in [3.05, 3.63) is 29.8 Å². The molecule has 1 atom stereocenters. The molecule has 1 saturated carbocycles. The molecule has 1 unspecified atom stereocenters. The highest BCUT2D eigenvalue weighted by Gasteiger charge is 2.22. The minimum Gasteiger partial charge on any atom is -0.480 e. The lowest BCUT2D eigenvalue weighted by molar-refractivity contribution is -0.138. The second-order valence-corrected chi connectivity index (χ2v) is 7.30. The van der Waals surface area contributed by atoms with E-state index in [1.165, 1.54) is 31.7 Å². The Labute approximate surface area is 125 Å². The third-order valence-electron chi connectivity index (χ3n) is 3.97. The number of carboxylic acid groups (broad SMARTS) is 1. The Bertz CT molecular complexity index is 589. The van der Waals surface area contributed by atoms with Crippen LogP contribution in [0.5, 0.6) is 0 Å². The van der Waals surface area contributed by atoms with E-state index in [0.717, 1.165) is 12.8 Å². The van der Waals surface area contributed by atoms with Crippen molar-refractivity contribution in [3.8, 4) is 0 Å². The van der Waals surface area contributed by atoms with Gasteiger partial charge in [0.1, 0.15) is 6.04 Å². The second kappa shape index (κ2) is 6.58. The van der Waals surface area contributed by atoms with E-state index in [9.17, 15) is 13.2 Å². The molecular formula is C15H21NO4S. The summed E-state index contributed by atoms with van der Waals surface area (Å²) in [6, 6.07) is 5.65. The Morgan fingerprint density at radius 3 is 2.29 bits per heavy atom. The molecule has 0 radical (unpaired) electrons. The van der Waals surface area contributed by atoms with Crippen LogP contribution in [-0.2, 0) is 14.8 Å². The molecule has 21 heavy (non-hydrogen) atoms. The van der Waals surface area contributed by atoms with Gasteiger partial charge in [0.25, 0.3) is 0 Å². The molecule has 1 aliphatic carbocycles. The molecule has 1 fully saturated rings. The van der Waals surface area contributed by atoms with E-state index in [1.807, 2.05) is 12.1 Å². The van der Waals surface area contributed by atoms with Gasteiger partial charge in [-0.3, -0.25) is 4.79 Å². The monoisotopic (exact) mass is 311 g/mol. The predicted octanol–water partition coefficient (Wildman–Crippen LogP) is 2.49. The first-order valence-electron chi connectivity index (χ1n) is 7.25. The van der Waals surface area contributed by atoms with Crippen LogP contribution in [0.3, 0.4) is 0 Å². The van der Waals surface area contributed by atoms with Crippen LogP contribution in [0.1, 0.15) is 50.5 Å². The number of aliphatic carboxylic acids is 1. The first-order valence-corrected chi connectivity index (χ1v) is 8.73. The molecule has 2 rings (SSSR count). The molecule has 0 amide bonds. The third kappa shape index (κ3) is 4.04. The van der Waals surface area contributed by atoms with Crippen LogP contribution in [0.2, 0.25) is 0 Å². The van der Waals surface area contributed by atoms with E-state index >= 15 is 0 Å². The highest BCUT2D eigenvalue weighted by molar-refractivity contribution is 7.89. The summed E-state index contributed by atoms with van der Waals surface area (Å²) in [6.45, 7) is 1.30. The summed E-state index contributed by atoms with van der Waals surface area (Å²) < 4.78 is 26.3. The van der Waals surface area contributed by atoms with Gasteiger partial charge in [-0.05, 0) is 43.4 Å². The van der Waals surface area contributed by atoms with Crippen molar-refractivity contribution in [2.75, 3.05) is 0 Å². The predicted molar refractivity (Wildman–Crippen MR) is 79.7 cm³/mol. The molecular weight excluding hydrogens is 290 g/mol. The van der Waals surface area contributed by atoms with E-state index in [2.05, 4.69) is 4.72 Å². The van der Waals surface area contributed by atoms with E-state index in [-0.39, 0.29) is 4.90 Å². The lowest BCUT2D eigenvalue weighted by atomic mass is 9.84. The smallest absolute Gasteiger partial charge is 0.321 e. The van der Waals surface area contributed by atoms with E-state index in [0.29, 0.717) is 5.92 Å². The van der Waals surface area contributed by atoms with Gasteiger partial charge in [-0.15, -0.1) is 0 Å².